The zero-order valence-electron chi connectivity index (χ0n) is 21.2. The number of anilines is 1. The molecular formula is C23H20Cl2F9N5O2. The van der Waals surface area contributed by atoms with Gasteiger partial charge in [-0.3, -0.25) is 10.3 Å². The van der Waals surface area contributed by atoms with Crippen LogP contribution in [0.25, 0.3) is 0 Å². The fraction of sp³-hybridized carbons (Fsp3) is 0.522. The highest BCUT2D eigenvalue weighted by Crippen LogP contribution is 2.48. The Morgan fingerprint density at radius 3 is 1.98 bits per heavy atom. The minimum atomic E-state index is -5.49. The first kappa shape index (κ1) is 31.2. The Balaban J connectivity index is 2.01. The van der Waals surface area contributed by atoms with Crippen molar-refractivity contribution < 1.29 is 49.0 Å². The summed E-state index contributed by atoms with van der Waals surface area (Å²) in [6, 6.07) is 0.887. The molecular weight excluding hydrogens is 620 g/mol. The first-order chi connectivity index (χ1) is 18.6. The third kappa shape index (κ3) is 6.69. The first-order valence-corrected chi connectivity index (χ1v) is 12.5. The lowest BCUT2D eigenvalue weighted by Crippen LogP contribution is -2.48. The van der Waals surface area contributed by atoms with E-state index in [-0.39, 0.29) is 12.5 Å². The number of carbonyl (C=O) groups excluding carboxylic acids is 1. The lowest BCUT2D eigenvalue weighted by molar-refractivity contribution is -0.137. The molecule has 1 atom stereocenters. The van der Waals surface area contributed by atoms with E-state index in [1.54, 1.807) is 0 Å². The van der Waals surface area contributed by atoms with Crippen LogP contribution in [0.4, 0.5) is 50.0 Å². The molecule has 2 aliphatic heterocycles. The number of nitrogens with one attached hydrogen (secondary N) is 1. The summed E-state index contributed by atoms with van der Waals surface area (Å²) in [7, 11) is 0. The van der Waals surface area contributed by atoms with E-state index in [9.17, 15) is 44.3 Å². The highest BCUT2D eigenvalue weighted by atomic mass is 35.5. The van der Waals surface area contributed by atoms with Crippen LogP contribution in [0.3, 0.4) is 0 Å². The number of halogens is 11. The third-order valence-electron chi connectivity index (χ3n) is 5.82. The molecule has 18 heteroatoms. The zero-order chi connectivity index (χ0) is 30.9. The number of fused-ring (bicyclic) bond motifs is 1. The number of benzene rings is 1. The van der Waals surface area contributed by atoms with Gasteiger partial charge in [0.15, 0.2) is 11.9 Å². The molecule has 7 nitrogen and oxygen atoms in total. The molecule has 0 bridgehead atoms. The Labute approximate surface area is 236 Å². The molecule has 3 aliphatic rings. The molecule has 4 rings (SSSR count). The average molecular weight is 640 g/mol. The van der Waals surface area contributed by atoms with E-state index in [0.29, 0.717) is 25.0 Å². The van der Waals surface area contributed by atoms with Crippen molar-refractivity contribution in [1.29, 1.82) is 0 Å². The summed E-state index contributed by atoms with van der Waals surface area (Å²) in [6.07, 6.45) is -18.1. The summed E-state index contributed by atoms with van der Waals surface area (Å²) in [4.78, 5) is 19.0. The van der Waals surface area contributed by atoms with Gasteiger partial charge >= 0.3 is 24.6 Å². The Bertz CT molecular complexity index is 1320. The van der Waals surface area contributed by atoms with Gasteiger partial charge in [0, 0.05) is 6.54 Å². The van der Waals surface area contributed by atoms with Gasteiger partial charge in [0.1, 0.15) is 11.4 Å². The zero-order valence-corrected chi connectivity index (χ0v) is 22.7. The van der Waals surface area contributed by atoms with E-state index in [4.69, 9.17) is 27.9 Å². The smallest absolute Gasteiger partial charge is 0.444 e. The molecule has 0 aromatic heterocycles. The van der Waals surface area contributed by atoms with Gasteiger partial charge in [-0.1, -0.05) is 23.2 Å². The second kappa shape index (κ2) is 10.2. The van der Waals surface area contributed by atoms with E-state index < -0.39 is 80.6 Å². The van der Waals surface area contributed by atoms with Crippen LogP contribution in [0.1, 0.15) is 39.2 Å². The van der Waals surface area contributed by atoms with Crippen molar-refractivity contribution in [1.82, 2.24) is 10.3 Å². The van der Waals surface area contributed by atoms with Crippen LogP contribution in [0.15, 0.2) is 33.5 Å². The van der Waals surface area contributed by atoms with Crippen LogP contribution < -0.4 is 10.3 Å². The highest BCUT2D eigenvalue weighted by Gasteiger charge is 2.55. The number of nitrogens with zero attached hydrogens (tertiary/aromatic N) is 4. The van der Waals surface area contributed by atoms with Gasteiger partial charge in [-0.05, 0) is 51.7 Å². The number of rotatable bonds is 4. The predicted octanol–water partition coefficient (Wildman–Crippen LogP) is 7.50. The Kier molecular flexibility index (Phi) is 7.78. The fourth-order valence-electron chi connectivity index (χ4n) is 4.09. The maximum absolute atomic E-state index is 14.3. The van der Waals surface area contributed by atoms with Gasteiger partial charge in [-0.15, -0.1) is 0 Å². The van der Waals surface area contributed by atoms with Crippen molar-refractivity contribution in [3.8, 4) is 0 Å². The SMILES string of the molecule is CC(C)(C)OC(=O)NC1=C2C(C(F)(F)F)=NC(C(F)(F)F)=NC2N(CC2CC2)N1c1c(Cl)cc(C(F)(F)F)cc1Cl. The number of amides is 1. The Morgan fingerprint density at radius 1 is 0.976 bits per heavy atom. The molecule has 1 aliphatic carbocycles. The van der Waals surface area contributed by atoms with Gasteiger partial charge in [-0.2, -0.15) is 44.5 Å². The van der Waals surface area contributed by atoms with E-state index in [2.05, 4.69) is 15.3 Å². The second-order valence-corrected chi connectivity index (χ2v) is 11.1. The quantitative estimate of drug-likeness (QED) is 0.347. The summed E-state index contributed by atoms with van der Waals surface area (Å²) < 4.78 is 129. The molecule has 1 aromatic carbocycles. The Morgan fingerprint density at radius 2 is 1.54 bits per heavy atom. The van der Waals surface area contributed by atoms with Crippen LogP contribution in [0, 0.1) is 5.92 Å². The number of alkyl halides is 9. The van der Waals surface area contributed by atoms with Gasteiger partial charge in [0.2, 0.25) is 5.84 Å². The first-order valence-electron chi connectivity index (χ1n) is 11.8. The largest absolute Gasteiger partial charge is 0.451 e. The summed E-state index contributed by atoms with van der Waals surface area (Å²) in [6.45, 7) is 4.09. The van der Waals surface area contributed by atoms with Crippen LogP contribution in [-0.4, -0.2) is 53.3 Å². The summed E-state index contributed by atoms with van der Waals surface area (Å²) in [5.74, 6) is -3.17. The molecule has 226 valence electrons. The molecule has 1 amide bonds. The number of ether oxygens (including phenoxy) is 1. The molecule has 41 heavy (non-hydrogen) atoms. The molecule has 0 radical (unpaired) electrons. The molecule has 1 saturated carbocycles. The second-order valence-electron chi connectivity index (χ2n) is 10.3. The standard InChI is InChI=1S/C23H20Cl2F9N5O2/c1-20(2,3)41-19(40)37-17-13-15(22(29,30)31)35-18(23(32,33)34)36-16(13)38(8-9-4-5-9)39(17)14-11(24)6-10(7-12(14)25)21(26,27)28/h6-7,9,16H,4-5,8H2,1-3H3,(H,37,40). The lowest BCUT2D eigenvalue weighted by Gasteiger charge is -2.36. The lowest BCUT2D eigenvalue weighted by atomic mass is 10.1. The molecule has 1 fully saturated rings. The Hall–Kier alpha value is -2.72. The number of hydrazine groups is 1. The number of alkyl carbamates (subject to hydrolysis) is 1. The van der Waals surface area contributed by atoms with E-state index >= 15 is 0 Å². The topological polar surface area (TPSA) is 69.5 Å². The number of aliphatic imine (C=N–C) groups is 2. The van der Waals surface area contributed by atoms with Crippen molar-refractivity contribution in [3.63, 3.8) is 0 Å². The normalized spacial score (nSPS) is 20.6. The van der Waals surface area contributed by atoms with Crippen molar-refractivity contribution >= 4 is 46.5 Å². The van der Waals surface area contributed by atoms with Crippen molar-refractivity contribution in [3.05, 3.63) is 39.1 Å². The van der Waals surface area contributed by atoms with Crippen LogP contribution in [0.2, 0.25) is 10.0 Å². The molecule has 1 N–H and O–H groups in total. The average Bonchev–Trinajstić information content (AvgIpc) is 3.54. The highest BCUT2D eigenvalue weighted by molar-refractivity contribution is 6.39. The van der Waals surface area contributed by atoms with Gasteiger partial charge in [0.05, 0.1) is 26.9 Å². The van der Waals surface area contributed by atoms with Gasteiger partial charge < -0.3 is 4.74 Å². The maximum atomic E-state index is 14.3. The van der Waals surface area contributed by atoms with Gasteiger partial charge in [-0.25, -0.2) is 14.8 Å². The van der Waals surface area contributed by atoms with Crippen LogP contribution in [-0.2, 0) is 10.9 Å². The number of amidine groups is 1. The van der Waals surface area contributed by atoms with Crippen molar-refractivity contribution in [2.75, 3.05) is 11.6 Å². The molecule has 2 heterocycles. The maximum Gasteiger partial charge on any atom is 0.451 e. The summed E-state index contributed by atoms with van der Waals surface area (Å²) in [5, 5.41) is 2.30. The van der Waals surface area contributed by atoms with Crippen LogP contribution >= 0.6 is 23.2 Å². The third-order valence-corrected chi connectivity index (χ3v) is 6.40. The summed E-state index contributed by atoms with van der Waals surface area (Å²) >= 11 is 12.4. The molecule has 1 aromatic rings. The van der Waals surface area contributed by atoms with E-state index in [0.717, 1.165) is 10.0 Å². The van der Waals surface area contributed by atoms with Crippen LogP contribution in [0.5, 0.6) is 0 Å². The van der Waals surface area contributed by atoms with E-state index in [1.165, 1.54) is 20.8 Å². The fourth-order valence-corrected chi connectivity index (χ4v) is 4.74. The van der Waals surface area contributed by atoms with Gasteiger partial charge in [0.25, 0.3) is 0 Å². The monoisotopic (exact) mass is 639 g/mol. The van der Waals surface area contributed by atoms with E-state index in [1.807, 2.05) is 0 Å². The minimum absolute atomic E-state index is 0.221. The molecule has 0 saturated heterocycles. The van der Waals surface area contributed by atoms with Crippen molar-refractivity contribution in [2.45, 2.75) is 63.9 Å². The summed E-state index contributed by atoms with van der Waals surface area (Å²) in [5.41, 5.74) is -6.06. The van der Waals surface area contributed by atoms with Crippen molar-refractivity contribution in [2.24, 2.45) is 15.9 Å². The minimum Gasteiger partial charge on any atom is -0.444 e. The number of hydrogen-bond acceptors (Lipinski definition) is 6. The number of hydrogen-bond donors (Lipinski definition) is 1. The number of carbonyl (C=O) groups is 1. The molecule has 0 spiro atoms. The predicted molar refractivity (Wildman–Crippen MR) is 131 cm³/mol. The molecule has 1 unspecified atom stereocenters.